The predicted octanol–water partition coefficient (Wildman–Crippen LogP) is 14.7. The van der Waals surface area contributed by atoms with Gasteiger partial charge in [0.05, 0.1) is 12.2 Å². The highest BCUT2D eigenvalue weighted by Gasteiger charge is 2.39. The van der Waals surface area contributed by atoms with Crippen molar-refractivity contribution in [3.05, 3.63) is 70.8 Å². The van der Waals surface area contributed by atoms with Crippen molar-refractivity contribution >= 4 is 0 Å². The van der Waals surface area contributed by atoms with E-state index >= 15 is 0 Å². The maximum Gasteiger partial charge on any atom is 0.0861 e. The van der Waals surface area contributed by atoms with Crippen molar-refractivity contribution in [1.29, 1.82) is 0 Å². The molecule has 2 aromatic carbocycles. The number of hydrogen-bond donors (Lipinski definition) is 0. The van der Waals surface area contributed by atoms with E-state index in [2.05, 4.69) is 76.2 Å². The highest BCUT2D eigenvalue weighted by molar-refractivity contribution is 5.26. The molecule has 6 rings (SSSR count). The summed E-state index contributed by atoms with van der Waals surface area (Å²) in [5, 5.41) is 0. The summed E-state index contributed by atoms with van der Waals surface area (Å²) in [7, 11) is 0. The van der Waals surface area contributed by atoms with Crippen LogP contribution in [0.5, 0.6) is 0 Å². The normalized spacial score (nSPS) is 32.4. The van der Waals surface area contributed by atoms with E-state index in [0.29, 0.717) is 11.8 Å². The summed E-state index contributed by atoms with van der Waals surface area (Å²) in [6.45, 7) is 9.16. The Morgan fingerprint density at radius 1 is 0.449 bits per heavy atom. The number of unbranched alkanes of at least 4 members (excludes halogenated alkanes) is 2. The van der Waals surface area contributed by atoms with Crippen molar-refractivity contribution in [3.63, 3.8) is 0 Å². The fourth-order valence-electron chi connectivity index (χ4n) is 11.3. The van der Waals surface area contributed by atoms with E-state index in [-0.39, 0.29) is 12.2 Å². The summed E-state index contributed by atoms with van der Waals surface area (Å²) >= 11 is 0. The molecule has 0 aromatic heterocycles. The Balaban J connectivity index is 1.12. The summed E-state index contributed by atoms with van der Waals surface area (Å²) in [4.78, 5) is 0. The lowest BCUT2D eigenvalue weighted by Crippen LogP contribution is -2.31. The van der Waals surface area contributed by atoms with Gasteiger partial charge in [-0.2, -0.15) is 0 Å². The molecule has 2 aromatic rings. The lowest BCUT2D eigenvalue weighted by molar-refractivity contribution is -0.0934. The first kappa shape index (κ1) is 37.2. The molecule has 0 aliphatic heterocycles. The average Bonchev–Trinajstić information content (AvgIpc) is 3.15. The third-order valence-electron chi connectivity index (χ3n) is 14.6. The van der Waals surface area contributed by atoms with E-state index in [1.807, 2.05) is 0 Å². The molecule has 0 amide bonds. The Morgan fingerprint density at radius 3 is 1.06 bits per heavy atom. The zero-order chi connectivity index (χ0) is 34.0. The van der Waals surface area contributed by atoms with E-state index in [9.17, 15) is 0 Å². The molecule has 272 valence electrons. The van der Waals surface area contributed by atoms with Crippen LogP contribution in [0.25, 0.3) is 0 Å². The minimum Gasteiger partial charge on any atom is -0.365 e. The van der Waals surface area contributed by atoms with Crippen LogP contribution in [0.2, 0.25) is 0 Å². The molecule has 4 aliphatic rings. The Hall–Kier alpha value is -1.60. The van der Waals surface area contributed by atoms with Crippen LogP contribution >= 0.6 is 0 Å². The Morgan fingerprint density at radius 2 is 0.755 bits per heavy atom. The first-order chi connectivity index (χ1) is 24.0. The summed E-state index contributed by atoms with van der Waals surface area (Å²) in [6.07, 6.45) is 32.0. The minimum atomic E-state index is 0.203. The molecule has 1 heteroatoms. The summed E-state index contributed by atoms with van der Waals surface area (Å²) in [5.41, 5.74) is 5.56. The van der Waals surface area contributed by atoms with Gasteiger partial charge in [-0.15, -0.1) is 0 Å². The van der Waals surface area contributed by atoms with E-state index < -0.39 is 0 Å². The van der Waals surface area contributed by atoms with Crippen LogP contribution in [0, 0.1) is 61.2 Å². The molecule has 0 saturated heterocycles. The second-order valence-electron chi connectivity index (χ2n) is 18.0. The molecule has 0 N–H and O–H groups in total. The van der Waals surface area contributed by atoms with Crippen molar-refractivity contribution < 1.29 is 4.74 Å². The van der Waals surface area contributed by atoms with Gasteiger partial charge in [0.15, 0.2) is 0 Å². The molecule has 0 spiro atoms. The standard InChI is InChI=1S/C48H74O/c1-5-7-9-37-15-23-39(24-16-37)41-27-31-45(32-28-41)47(43-19-11-35(3)12-20-43)49-48(44-21-13-36(4)14-22-44)46-33-29-42(30-34-46)40-25-17-38(18-26-40)10-8-6-2/h11-14,19-22,37-42,45-48H,5-10,15-18,23-34H2,1-4H3/t37-,38-,39-,40-,41-,42-,45-,46-,47?,48?. The number of rotatable bonds is 14. The smallest absolute Gasteiger partial charge is 0.0861 e. The lowest BCUT2D eigenvalue weighted by Gasteiger charge is -2.43. The first-order valence-corrected chi connectivity index (χ1v) is 21.8. The highest BCUT2D eigenvalue weighted by atomic mass is 16.5. The molecule has 0 heterocycles. The van der Waals surface area contributed by atoms with Gasteiger partial charge in [-0.1, -0.05) is 138 Å². The molecule has 2 atom stereocenters. The number of benzene rings is 2. The van der Waals surface area contributed by atoms with Crippen molar-refractivity contribution in [2.24, 2.45) is 47.3 Å². The molecule has 1 nitrogen and oxygen atoms in total. The van der Waals surface area contributed by atoms with Crippen molar-refractivity contribution in [2.75, 3.05) is 0 Å². The Labute approximate surface area is 303 Å². The van der Waals surface area contributed by atoms with Gasteiger partial charge in [-0.3, -0.25) is 0 Å². The molecule has 0 bridgehead atoms. The molecular weight excluding hydrogens is 593 g/mol. The van der Waals surface area contributed by atoms with Crippen LogP contribution in [0.15, 0.2) is 48.5 Å². The van der Waals surface area contributed by atoms with Gasteiger partial charge in [-0.05, 0) is 149 Å². The summed E-state index contributed by atoms with van der Waals surface area (Å²) in [6, 6.07) is 18.9. The van der Waals surface area contributed by atoms with Crippen molar-refractivity contribution in [2.45, 2.75) is 181 Å². The zero-order valence-electron chi connectivity index (χ0n) is 32.4. The second-order valence-corrected chi connectivity index (χ2v) is 18.0. The highest BCUT2D eigenvalue weighted by Crippen LogP contribution is 2.50. The molecule has 4 aliphatic carbocycles. The second kappa shape index (κ2) is 18.8. The summed E-state index contributed by atoms with van der Waals surface area (Å²) < 4.78 is 7.65. The fourth-order valence-corrected chi connectivity index (χ4v) is 11.3. The zero-order valence-corrected chi connectivity index (χ0v) is 32.4. The van der Waals surface area contributed by atoms with Crippen molar-refractivity contribution in [3.8, 4) is 0 Å². The molecule has 49 heavy (non-hydrogen) atoms. The molecule has 4 fully saturated rings. The largest absolute Gasteiger partial charge is 0.365 e. The number of ether oxygens (including phenoxy) is 1. The van der Waals surface area contributed by atoms with Crippen LogP contribution in [0.4, 0.5) is 0 Å². The van der Waals surface area contributed by atoms with Crippen LogP contribution in [0.1, 0.15) is 190 Å². The number of aryl methyl sites for hydroxylation is 2. The van der Waals surface area contributed by atoms with E-state index in [0.717, 1.165) is 35.5 Å². The first-order valence-electron chi connectivity index (χ1n) is 21.8. The van der Waals surface area contributed by atoms with Crippen LogP contribution in [-0.2, 0) is 4.74 Å². The lowest BCUT2D eigenvalue weighted by atomic mass is 9.67. The summed E-state index contributed by atoms with van der Waals surface area (Å²) in [5.74, 6) is 7.18. The van der Waals surface area contributed by atoms with Crippen LogP contribution in [0.3, 0.4) is 0 Å². The van der Waals surface area contributed by atoms with Crippen LogP contribution in [-0.4, -0.2) is 0 Å². The van der Waals surface area contributed by atoms with Gasteiger partial charge >= 0.3 is 0 Å². The van der Waals surface area contributed by atoms with Gasteiger partial charge < -0.3 is 4.74 Å². The Kier molecular flexibility index (Phi) is 14.2. The minimum absolute atomic E-state index is 0.203. The van der Waals surface area contributed by atoms with E-state index in [1.54, 1.807) is 0 Å². The quantitative estimate of drug-likeness (QED) is 0.195. The third-order valence-corrected chi connectivity index (χ3v) is 14.6. The topological polar surface area (TPSA) is 9.23 Å². The molecular formula is C48H74O. The average molecular weight is 667 g/mol. The predicted molar refractivity (Wildman–Crippen MR) is 210 cm³/mol. The molecule has 4 saturated carbocycles. The van der Waals surface area contributed by atoms with Crippen molar-refractivity contribution in [1.82, 2.24) is 0 Å². The maximum atomic E-state index is 7.65. The van der Waals surface area contributed by atoms with Gasteiger partial charge in [0.25, 0.3) is 0 Å². The maximum absolute atomic E-state index is 7.65. The number of hydrogen-bond acceptors (Lipinski definition) is 1. The van der Waals surface area contributed by atoms with Gasteiger partial charge in [0.2, 0.25) is 0 Å². The molecule has 0 radical (unpaired) electrons. The van der Waals surface area contributed by atoms with Gasteiger partial charge in [0, 0.05) is 0 Å². The fraction of sp³-hybridized carbons (Fsp3) is 0.750. The molecule has 2 unspecified atom stereocenters. The van der Waals surface area contributed by atoms with Gasteiger partial charge in [0.1, 0.15) is 0 Å². The SMILES string of the molecule is CCCC[C@H]1CC[C@H]([C@H]2CC[C@H](C(OC(c3ccc(C)cc3)[C@H]3CC[C@H]([C@H]4CC[C@H](CCCC)CC4)CC3)c3ccc(C)cc3)CC2)CC1. The van der Waals surface area contributed by atoms with Crippen LogP contribution < -0.4 is 0 Å². The third kappa shape index (κ3) is 10.3. The Bertz CT molecular complexity index is 1090. The van der Waals surface area contributed by atoms with Gasteiger partial charge in [-0.25, -0.2) is 0 Å². The van der Waals surface area contributed by atoms with E-state index in [4.69, 9.17) is 4.74 Å². The van der Waals surface area contributed by atoms with E-state index in [1.165, 1.54) is 164 Å². The monoisotopic (exact) mass is 667 g/mol.